The summed E-state index contributed by atoms with van der Waals surface area (Å²) < 4.78 is 0. The molecule has 0 spiro atoms. The van der Waals surface area contributed by atoms with E-state index in [1.165, 1.54) is 24.6 Å². The second-order valence-corrected chi connectivity index (χ2v) is 7.80. The zero-order valence-electron chi connectivity index (χ0n) is 14.6. The zero-order valence-corrected chi connectivity index (χ0v) is 15.4. The first-order valence-corrected chi connectivity index (χ1v) is 9.68. The number of carbonyl (C=O) groups is 1. The average Bonchev–Trinajstić information content (AvgIpc) is 2.57. The molecule has 1 N–H and O–H groups in total. The molecule has 0 saturated heterocycles. The molecule has 1 amide bonds. The summed E-state index contributed by atoms with van der Waals surface area (Å²) in [6.07, 6.45) is 3.57. The van der Waals surface area contributed by atoms with E-state index >= 15 is 0 Å². The molecule has 1 aromatic carbocycles. The van der Waals surface area contributed by atoms with Crippen LogP contribution < -0.4 is 5.32 Å². The Morgan fingerprint density at radius 3 is 2.67 bits per heavy atom. The van der Waals surface area contributed by atoms with Crippen molar-refractivity contribution in [1.29, 1.82) is 0 Å². The Balaban J connectivity index is 1.61. The van der Waals surface area contributed by atoms with Crippen molar-refractivity contribution in [2.24, 2.45) is 11.8 Å². The highest BCUT2D eigenvalue weighted by atomic mass is 32.2. The highest BCUT2D eigenvalue weighted by Gasteiger charge is 2.28. The van der Waals surface area contributed by atoms with E-state index in [2.05, 4.69) is 29.1 Å². The van der Waals surface area contributed by atoms with Gasteiger partial charge in [-0.25, -0.2) is 9.97 Å². The Morgan fingerprint density at radius 2 is 1.92 bits per heavy atom. The summed E-state index contributed by atoms with van der Waals surface area (Å²) in [6, 6.07) is 8.15. The predicted molar refractivity (Wildman–Crippen MR) is 99.1 cm³/mol. The molecule has 128 valence electrons. The molecule has 1 saturated carbocycles. The maximum atomic E-state index is 12.3. The van der Waals surface area contributed by atoms with Gasteiger partial charge in [-0.15, -0.1) is 0 Å². The number of nitrogens with zero attached hydrogens (tertiary/aromatic N) is 2. The van der Waals surface area contributed by atoms with Crippen LogP contribution in [0.3, 0.4) is 0 Å². The summed E-state index contributed by atoms with van der Waals surface area (Å²) in [6.45, 7) is 6.48. The van der Waals surface area contributed by atoms with Crippen LogP contribution in [0, 0.1) is 18.8 Å². The molecule has 24 heavy (non-hydrogen) atoms. The molecule has 2 aromatic rings. The number of hydrogen-bond donors (Lipinski definition) is 1. The smallest absolute Gasteiger partial charge is 0.230 e. The standard InChI is InChI=1S/C19H25N3OS/c1-12-7-6-10-15(13(12)2)21-18(23)11-24-19-14(3)20-16-8-4-5-9-17(16)22-19/h4-5,8-9,12-13,15H,6-7,10-11H2,1-3H3,(H,21,23)/t12-,13+,15+/m1/s1. The lowest BCUT2D eigenvalue weighted by molar-refractivity contribution is -0.119. The number of hydrogen-bond acceptors (Lipinski definition) is 4. The van der Waals surface area contributed by atoms with E-state index in [4.69, 9.17) is 0 Å². The third kappa shape index (κ3) is 3.89. The fraction of sp³-hybridized carbons (Fsp3) is 0.526. The van der Waals surface area contributed by atoms with Gasteiger partial charge in [-0.3, -0.25) is 4.79 Å². The number of thioether (sulfide) groups is 1. The third-order valence-corrected chi connectivity index (χ3v) is 6.16. The highest BCUT2D eigenvalue weighted by Crippen LogP contribution is 2.29. The van der Waals surface area contributed by atoms with E-state index in [-0.39, 0.29) is 5.91 Å². The molecule has 1 aromatic heterocycles. The molecule has 3 rings (SSSR count). The minimum absolute atomic E-state index is 0.0975. The largest absolute Gasteiger partial charge is 0.352 e. The van der Waals surface area contributed by atoms with Crippen molar-refractivity contribution in [1.82, 2.24) is 15.3 Å². The Kier molecular flexibility index (Phi) is 5.39. The van der Waals surface area contributed by atoms with Gasteiger partial charge >= 0.3 is 0 Å². The van der Waals surface area contributed by atoms with E-state index in [1.807, 2.05) is 31.2 Å². The van der Waals surface area contributed by atoms with Crippen molar-refractivity contribution in [3.63, 3.8) is 0 Å². The summed E-state index contributed by atoms with van der Waals surface area (Å²) in [5.74, 6) is 1.73. The highest BCUT2D eigenvalue weighted by molar-refractivity contribution is 7.99. The summed E-state index contributed by atoms with van der Waals surface area (Å²) >= 11 is 1.47. The van der Waals surface area contributed by atoms with Crippen LogP contribution in [0.1, 0.15) is 38.8 Å². The molecule has 3 atom stereocenters. The van der Waals surface area contributed by atoms with Gasteiger partial charge in [-0.2, -0.15) is 0 Å². The molecule has 1 fully saturated rings. The van der Waals surface area contributed by atoms with Gasteiger partial charge in [0.05, 0.1) is 22.5 Å². The summed E-state index contributed by atoms with van der Waals surface area (Å²) in [7, 11) is 0. The molecule has 4 nitrogen and oxygen atoms in total. The number of amides is 1. The van der Waals surface area contributed by atoms with Crippen molar-refractivity contribution < 1.29 is 4.79 Å². The summed E-state index contributed by atoms with van der Waals surface area (Å²) in [5.41, 5.74) is 2.65. The van der Waals surface area contributed by atoms with Crippen LogP contribution in [-0.4, -0.2) is 27.7 Å². The minimum atomic E-state index is 0.0975. The molecule has 1 aliphatic carbocycles. The van der Waals surface area contributed by atoms with Crippen molar-refractivity contribution in [3.05, 3.63) is 30.0 Å². The van der Waals surface area contributed by atoms with Crippen LogP contribution in [-0.2, 0) is 4.79 Å². The van der Waals surface area contributed by atoms with Gasteiger partial charge < -0.3 is 5.32 Å². The summed E-state index contributed by atoms with van der Waals surface area (Å²) in [5, 5.41) is 4.06. The molecule has 0 aliphatic heterocycles. The molecular formula is C19H25N3OS. The van der Waals surface area contributed by atoms with Crippen LogP contribution in [0.4, 0.5) is 0 Å². The minimum Gasteiger partial charge on any atom is -0.352 e. The Bertz CT molecular complexity index is 734. The number of fused-ring (bicyclic) bond motifs is 1. The molecule has 1 aliphatic rings. The number of aryl methyl sites for hydroxylation is 1. The van der Waals surface area contributed by atoms with Crippen LogP contribution in [0.2, 0.25) is 0 Å². The first-order valence-electron chi connectivity index (χ1n) is 8.70. The fourth-order valence-electron chi connectivity index (χ4n) is 3.38. The average molecular weight is 343 g/mol. The fourth-order valence-corrected chi connectivity index (χ4v) is 4.15. The third-order valence-electron chi connectivity index (χ3n) is 5.09. The monoisotopic (exact) mass is 343 g/mol. The van der Waals surface area contributed by atoms with Crippen LogP contribution in [0.15, 0.2) is 29.3 Å². The first-order chi connectivity index (χ1) is 11.5. The van der Waals surface area contributed by atoms with Gasteiger partial charge in [-0.1, -0.05) is 50.6 Å². The lowest BCUT2D eigenvalue weighted by Crippen LogP contribution is -2.44. The lowest BCUT2D eigenvalue weighted by atomic mass is 9.78. The number of nitrogens with one attached hydrogen (secondary N) is 1. The van der Waals surface area contributed by atoms with Crippen LogP contribution in [0.25, 0.3) is 11.0 Å². The number of rotatable bonds is 4. The second-order valence-electron chi connectivity index (χ2n) is 6.83. The zero-order chi connectivity index (χ0) is 17.1. The van der Waals surface area contributed by atoms with Crippen molar-refractivity contribution in [2.45, 2.75) is 51.1 Å². The van der Waals surface area contributed by atoms with Gasteiger partial charge in [0.1, 0.15) is 5.03 Å². The predicted octanol–water partition coefficient (Wildman–Crippen LogP) is 3.97. The molecular weight excluding hydrogens is 318 g/mol. The van der Waals surface area contributed by atoms with Gasteiger partial charge in [0.25, 0.3) is 0 Å². The van der Waals surface area contributed by atoms with Gasteiger partial charge in [0, 0.05) is 6.04 Å². The number of carbonyl (C=O) groups excluding carboxylic acids is 1. The second kappa shape index (κ2) is 7.51. The Hall–Kier alpha value is -1.62. The SMILES string of the molecule is Cc1nc2ccccc2nc1SCC(=O)N[C@H]1CCC[C@@H](C)[C@@H]1C. The number of para-hydroxylation sites is 2. The van der Waals surface area contributed by atoms with Gasteiger partial charge in [0.2, 0.25) is 5.91 Å². The maximum absolute atomic E-state index is 12.3. The quantitative estimate of drug-likeness (QED) is 0.854. The van der Waals surface area contributed by atoms with E-state index in [9.17, 15) is 4.79 Å². The molecule has 0 radical (unpaired) electrons. The first kappa shape index (κ1) is 17.2. The van der Waals surface area contributed by atoms with Crippen LogP contribution >= 0.6 is 11.8 Å². The van der Waals surface area contributed by atoms with Crippen molar-refractivity contribution >= 4 is 28.7 Å². The molecule has 5 heteroatoms. The molecule has 0 bridgehead atoms. The van der Waals surface area contributed by atoms with Crippen LogP contribution in [0.5, 0.6) is 0 Å². The van der Waals surface area contributed by atoms with Crippen molar-refractivity contribution in [2.75, 3.05) is 5.75 Å². The Labute approximate surface area is 147 Å². The number of aromatic nitrogens is 2. The van der Waals surface area contributed by atoms with Gasteiger partial charge in [0.15, 0.2) is 0 Å². The van der Waals surface area contributed by atoms with Crippen molar-refractivity contribution in [3.8, 4) is 0 Å². The maximum Gasteiger partial charge on any atom is 0.230 e. The Morgan fingerprint density at radius 1 is 1.21 bits per heavy atom. The lowest BCUT2D eigenvalue weighted by Gasteiger charge is -2.34. The topological polar surface area (TPSA) is 54.9 Å². The van der Waals surface area contributed by atoms with E-state index in [0.29, 0.717) is 23.6 Å². The van der Waals surface area contributed by atoms with E-state index in [0.717, 1.165) is 28.2 Å². The van der Waals surface area contributed by atoms with E-state index in [1.54, 1.807) is 0 Å². The van der Waals surface area contributed by atoms with E-state index < -0.39 is 0 Å². The van der Waals surface area contributed by atoms with Gasteiger partial charge in [-0.05, 0) is 37.3 Å². The molecule has 1 heterocycles. The normalized spacial score (nSPS) is 24.0. The molecule has 0 unspecified atom stereocenters. The number of benzene rings is 1. The summed E-state index contributed by atoms with van der Waals surface area (Å²) in [4.78, 5) is 21.5.